The highest BCUT2D eigenvalue weighted by Crippen LogP contribution is 2.19. The lowest BCUT2D eigenvalue weighted by Gasteiger charge is -2.17. The molecule has 0 radical (unpaired) electrons. The normalized spacial score (nSPS) is 12.1. The minimum absolute atomic E-state index is 0.119. The Bertz CT molecular complexity index is 870. The Morgan fingerprint density at radius 1 is 1.04 bits per heavy atom. The second-order valence-corrected chi connectivity index (χ2v) is 5.47. The number of halogens is 1. The Labute approximate surface area is 133 Å². The van der Waals surface area contributed by atoms with E-state index >= 15 is 0 Å². The van der Waals surface area contributed by atoms with Crippen LogP contribution in [0.25, 0.3) is 5.69 Å². The number of aromatic nitrogens is 1. The first-order chi connectivity index (χ1) is 11.1. The summed E-state index contributed by atoms with van der Waals surface area (Å²) in [5.41, 5.74) is 9.07. The Balaban J connectivity index is 2.09. The van der Waals surface area contributed by atoms with Crippen molar-refractivity contribution in [2.75, 3.05) is 0 Å². The average molecular weight is 308 g/mol. The number of rotatable bonds is 3. The molecular weight excluding hydrogens is 291 g/mol. The molecule has 3 nitrogen and oxygen atoms in total. The maximum Gasteiger partial charge on any atom is 0.186 e. The van der Waals surface area contributed by atoms with Crippen molar-refractivity contribution in [1.82, 2.24) is 4.57 Å². The zero-order chi connectivity index (χ0) is 16.4. The maximum atomic E-state index is 13.1. The van der Waals surface area contributed by atoms with Gasteiger partial charge in [-0.1, -0.05) is 30.3 Å². The van der Waals surface area contributed by atoms with E-state index in [1.165, 1.54) is 12.1 Å². The second kappa shape index (κ2) is 6.18. The summed E-state index contributed by atoms with van der Waals surface area (Å²) in [6, 6.07) is 16.6. The van der Waals surface area contributed by atoms with Gasteiger partial charge in [-0.15, -0.1) is 0 Å². The van der Waals surface area contributed by atoms with Crippen molar-refractivity contribution in [2.24, 2.45) is 5.73 Å². The molecule has 4 heteroatoms. The molecule has 1 unspecified atom stereocenters. The van der Waals surface area contributed by atoms with Crippen molar-refractivity contribution < 1.29 is 4.39 Å². The molecule has 1 atom stereocenters. The third-order valence-corrected chi connectivity index (χ3v) is 3.87. The predicted molar refractivity (Wildman–Crippen MR) is 89.2 cm³/mol. The van der Waals surface area contributed by atoms with E-state index in [0.29, 0.717) is 11.1 Å². The molecule has 0 bridgehead atoms. The molecule has 0 aliphatic carbocycles. The number of nitrogens with zero attached hydrogens (tertiary/aromatic N) is 1. The zero-order valence-corrected chi connectivity index (χ0v) is 12.7. The van der Waals surface area contributed by atoms with Gasteiger partial charge in [0, 0.05) is 29.2 Å². The molecule has 0 fully saturated rings. The lowest BCUT2D eigenvalue weighted by atomic mass is 10.0. The van der Waals surface area contributed by atoms with Crippen LogP contribution in [0.15, 0.2) is 71.7 Å². The number of benzene rings is 2. The van der Waals surface area contributed by atoms with E-state index in [0.717, 1.165) is 11.4 Å². The van der Waals surface area contributed by atoms with E-state index in [9.17, 15) is 9.18 Å². The highest BCUT2D eigenvalue weighted by Gasteiger charge is 2.15. The van der Waals surface area contributed by atoms with E-state index in [1.807, 2.05) is 41.8 Å². The van der Waals surface area contributed by atoms with Crippen LogP contribution in [0, 0.1) is 12.7 Å². The average Bonchev–Trinajstić information content (AvgIpc) is 2.56. The summed E-state index contributed by atoms with van der Waals surface area (Å²) in [5, 5.41) is 0. The molecule has 0 saturated carbocycles. The number of nitrogens with two attached hydrogens (primary N) is 1. The molecule has 0 amide bonds. The first kappa shape index (κ1) is 15.2. The van der Waals surface area contributed by atoms with Crippen LogP contribution < -0.4 is 11.2 Å². The van der Waals surface area contributed by atoms with Gasteiger partial charge in [0.25, 0.3) is 0 Å². The summed E-state index contributed by atoms with van der Waals surface area (Å²) < 4.78 is 15.0. The molecule has 3 aromatic rings. The van der Waals surface area contributed by atoms with Crippen molar-refractivity contribution in [3.05, 3.63) is 99.7 Å². The Hall–Kier alpha value is -2.72. The molecule has 2 N–H and O–H groups in total. The molecule has 1 heterocycles. The third-order valence-electron chi connectivity index (χ3n) is 3.87. The Morgan fingerprint density at radius 2 is 1.70 bits per heavy atom. The van der Waals surface area contributed by atoms with E-state index in [2.05, 4.69) is 0 Å². The highest BCUT2D eigenvalue weighted by atomic mass is 19.1. The number of hydrogen-bond acceptors (Lipinski definition) is 2. The Kier molecular flexibility index (Phi) is 4.08. The number of hydrogen-bond donors (Lipinski definition) is 1. The van der Waals surface area contributed by atoms with Gasteiger partial charge < -0.3 is 10.3 Å². The van der Waals surface area contributed by atoms with Crippen molar-refractivity contribution >= 4 is 0 Å². The number of pyridine rings is 1. The number of aryl methyl sites for hydroxylation is 1. The largest absolute Gasteiger partial charge is 0.321 e. The summed E-state index contributed by atoms with van der Waals surface area (Å²) >= 11 is 0. The van der Waals surface area contributed by atoms with Crippen molar-refractivity contribution in [3.63, 3.8) is 0 Å². The molecular formula is C19H17FN2O. The minimum atomic E-state index is -0.598. The van der Waals surface area contributed by atoms with Crippen LogP contribution >= 0.6 is 0 Å². The van der Waals surface area contributed by atoms with Crippen molar-refractivity contribution in [3.8, 4) is 5.69 Å². The van der Waals surface area contributed by atoms with Gasteiger partial charge in [-0.3, -0.25) is 4.79 Å². The van der Waals surface area contributed by atoms with Crippen LogP contribution in [0.2, 0.25) is 0 Å². The molecule has 2 aromatic carbocycles. The van der Waals surface area contributed by atoms with Crippen molar-refractivity contribution in [2.45, 2.75) is 13.0 Å². The second-order valence-electron chi connectivity index (χ2n) is 5.47. The summed E-state index contributed by atoms with van der Waals surface area (Å²) in [4.78, 5) is 12.3. The highest BCUT2D eigenvalue weighted by molar-refractivity contribution is 5.38. The van der Waals surface area contributed by atoms with Gasteiger partial charge in [-0.25, -0.2) is 4.39 Å². The molecule has 0 saturated heterocycles. The third kappa shape index (κ3) is 3.07. The van der Waals surface area contributed by atoms with Gasteiger partial charge in [0.15, 0.2) is 5.43 Å². The van der Waals surface area contributed by atoms with E-state index < -0.39 is 6.04 Å². The lowest BCUT2D eigenvalue weighted by Crippen LogP contribution is -2.23. The summed E-state index contributed by atoms with van der Waals surface area (Å²) in [7, 11) is 0. The topological polar surface area (TPSA) is 48.0 Å². The van der Waals surface area contributed by atoms with Crippen LogP contribution in [-0.2, 0) is 0 Å². The van der Waals surface area contributed by atoms with Crippen LogP contribution in [0.5, 0.6) is 0 Å². The fourth-order valence-corrected chi connectivity index (χ4v) is 2.60. The van der Waals surface area contributed by atoms with E-state index in [-0.39, 0.29) is 11.2 Å². The standard InChI is InChI=1S/C19H17FN2O/c1-13-11-18(23)17(12-22(13)16-5-3-2-4-6-16)19(21)14-7-9-15(20)10-8-14/h2-12,19H,21H2,1H3. The van der Waals surface area contributed by atoms with Gasteiger partial charge >= 0.3 is 0 Å². The predicted octanol–water partition coefficient (Wildman–Crippen LogP) is 3.33. The lowest BCUT2D eigenvalue weighted by molar-refractivity contribution is 0.626. The quantitative estimate of drug-likeness (QED) is 0.807. The minimum Gasteiger partial charge on any atom is -0.321 e. The van der Waals surface area contributed by atoms with Gasteiger partial charge in [0.05, 0.1) is 6.04 Å². The molecule has 116 valence electrons. The fourth-order valence-electron chi connectivity index (χ4n) is 2.60. The first-order valence-electron chi connectivity index (χ1n) is 7.36. The molecule has 0 spiro atoms. The number of para-hydroxylation sites is 1. The molecule has 0 aliphatic rings. The molecule has 0 aliphatic heterocycles. The van der Waals surface area contributed by atoms with Gasteiger partial charge in [0.2, 0.25) is 0 Å². The van der Waals surface area contributed by atoms with E-state index in [4.69, 9.17) is 5.73 Å². The summed E-state index contributed by atoms with van der Waals surface area (Å²) in [5.74, 6) is -0.327. The van der Waals surface area contributed by atoms with Crippen LogP contribution in [0.3, 0.4) is 0 Å². The van der Waals surface area contributed by atoms with Crippen molar-refractivity contribution in [1.29, 1.82) is 0 Å². The molecule has 23 heavy (non-hydrogen) atoms. The summed E-state index contributed by atoms with van der Waals surface area (Å²) in [6.45, 7) is 1.88. The molecule has 3 rings (SSSR count). The van der Waals surface area contributed by atoms with Crippen LogP contribution in [-0.4, -0.2) is 4.57 Å². The van der Waals surface area contributed by atoms with Gasteiger partial charge in [0.1, 0.15) is 5.82 Å². The van der Waals surface area contributed by atoms with Crippen LogP contribution in [0.4, 0.5) is 4.39 Å². The fraction of sp³-hybridized carbons (Fsp3) is 0.105. The molecule has 1 aromatic heterocycles. The van der Waals surface area contributed by atoms with Gasteiger partial charge in [-0.2, -0.15) is 0 Å². The zero-order valence-electron chi connectivity index (χ0n) is 12.7. The van der Waals surface area contributed by atoms with Crippen LogP contribution in [0.1, 0.15) is 22.9 Å². The first-order valence-corrected chi connectivity index (χ1v) is 7.36. The van der Waals surface area contributed by atoms with Gasteiger partial charge in [-0.05, 0) is 36.8 Å². The Morgan fingerprint density at radius 3 is 2.35 bits per heavy atom. The summed E-state index contributed by atoms with van der Waals surface area (Å²) in [6.07, 6.45) is 1.76. The smallest absolute Gasteiger partial charge is 0.186 e. The monoisotopic (exact) mass is 308 g/mol. The SMILES string of the molecule is Cc1cc(=O)c(C(N)c2ccc(F)cc2)cn1-c1ccccc1. The maximum absolute atomic E-state index is 13.1. The van der Waals surface area contributed by atoms with E-state index in [1.54, 1.807) is 24.4 Å².